The van der Waals surface area contributed by atoms with Crippen molar-refractivity contribution in [3.05, 3.63) is 231 Å². The molecule has 0 aliphatic carbocycles. The van der Waals surface area contributed by atoms with Crippen LogP contribution in [0.3, 0.4) is 0 Å². The summed E-state index contributed by atoms with van der Waals surface area (Å²) in [7, 11) is 0. The van der Waals surface area contributed by atoms with Crippen molar-refractivity contribution in [1.82, 2.24) is 9.97 Å². The summed E-state index contributed by atoms with van der Waals surface area (Å²) in [6.45, 7) is 0. The van der Waals surface area contributed by atoms with Crippen LogP contribution < -0.4 is 0 Å². The van der Waals surface area contributed by atoms with Crippen molar-refractivity contribution >= 4 is 31.6 Å². The van der Waals surface area contributed by atoms with E-state index in [1.54, 1.807) is 11.3 Å². The lowest BCUT2D eigenvalue weighted by atomic mass is 9.92. The van der Waals surface area contributed by atoms with E-state index in [2.05, 4.69) is 231 Å². The van der Waals surface area contributed by atoms with Crippen LogP contribution in [-0.4, -0.2) is 9.97 Å². The van der Waals surface area contributed by atoms with Gasteiger partial charge in [-0.25, -0.2) is 9.97 Å². The van der Waals surface area contributed by atoms with E-state index in [-0.39, 0.29) is 0 Å². The molecule has 2 nitrogen and oxygen atoms in total. The topological polar surface area (TPSA) is 25.8 Å². The Morgan fingerprint density at radius 1 is 0.262 bits per heavy atom. The van der Waals surface area contributed by atoms with Crippen LogP contribution in [0.1, 0.15) is 0 Å². The summed E-state index contributed by atoms with van der Waals surface area (Å²) in [5, 5.41) is 1.15. The smallest absolute Gasteiger partial charge is 0.160 e. The van der Waals surface area contributed by atoms with Gasteiger partial charge < -0.3 is 0 Å². The average Bonchev–Trinajstić information content (AvgIpc) is 3.73. The first-order valence-electron chi connectivity index (χ1n) is 20.6. The van der Waals surface area contributed by atoms with Crippen LogP contribution in [0.4, 0.5) is 0 Å². The SMILES string of the molecule is c1ccc(-c2cccc(-c3cccc(-c4cccc(-c5nc(-c6cccc(-c7cc(-c8ccccc8)cc(-c8ccccc8)c7)c6)c6sc7ccccc7c6n5)c4)c3)c2)cc1. The van der Waals surface area contributed by atoms with Crippen LogP contribution in [0.5, 0.6) is 0 Å². The lowest BCUT2D eigenvalue weighted by Crippen LogP contribution is -1.94. The molecule has 0 unspecified atom stereocenters. The molecule has 0 fully saturated rings. The molecule has 286 valence electrons. The van der Waals surface area contributed by atoms with E-state index in [1.807, 2.05) is 0 Å². The fraction of sp³-hybridized carbons (Fsp3) is 0. The minimum atomic E-state index is 0.711. The van der Waals surface area contributed by atoms with Gasteiger partial charge in [-0.3, -0.25) is 0 Å². The van der Waals surface area contributed by atoms with Crippen molar-refractivity contribution < 1.29 is 0 Å². The Morgan fingerprint density at radius 3 is 1.15 bits per heavy atom. The normalized spacial score (nSPS) is 11.3. The van der Waals surface area contributed by atoms with E-state index in [0.717, 1.165) is 54.7 Å². The summed E-state index contributed by atoms with van der Waals surface area (Å²) in [5.41, 5.74) is 18.1. The highest BCUT2D eigenvalue weighted by molar-refractivity contribution is 7.26. The molecule has 0 aliphatic heterocycles. The first kappa shape index (κ1) is 36.4. The summed E-state index contributed by atoms with van der Waals surface area (Å²) in [5.74, 6) is 0.711. The molecule has 0 N–H and O–H groups in total. The molecule has 0 amide bonds. The van der Waals surface area contributed by atoms with E-state index < -0.39 is 0 Å². The molecule has 0 aliphatic rings. The van der Waals surface area contributed by atoms with Crippen LogP contribution in [0, 0.1) is 0 Å². The number of thiophene rings is 1. The predicted molar refractivity (Wildman–Crippen MR) is 258 cm³/mol. The summed E-state index contributed by atoms with van der Waals surface area (Å²) in [4.78, 5) is 10.8. The van der Waals surface area contributed by atoms with Crippen molar-refractivity contribution in [1.29, 1.82) is 0 Å². The van der Waals surface area contributed by atoms with Crippen molar-refractivity contribution in [2.24, 2.45) is 0 Å². The quantitative estimate of drug-likeness (QED) is 0.153. The molecule has 0 saturated heterocycles. The second-order valence-corrected chi connectivity index (χ2v) is 16.4. The predicted octanol–water partition coefficient (Wildman–Crippen LogP) is 16.2. The molecule has 3 heteroatoms. The fourth-order valence-corrected chi connectivity index (χ4v) is 9.53. The van der Waals surface area contributed by atoms with Gasteiger partial charge in [0.05, 0.1) is 15.9 Å². The van der Waals surface area contributed by atoms with E-state index in [9.17, 15) is 0 Å². The van der Waals surface area contributed by atoms with Gasteiger partial charge in [-0.15, -0.1) is 11.3 Å². The largest absolute Gasteiger partial charge is 0.226 e. The van der Waals surface area contributed by atoms with Gasteiger partial charge in [0.2, 0.25) is 0 Å². The lowest BCUT2D eigenvalue weighted by molar-refractivity contribution is 1.24. The minimum absolute atomic E-state index is 0.711. The molecule has 0 radical (unpaired) electrons. The van der Waals surface area contributed by atoms with Crippen LogP contribution in [0.25, 0.3) is 110 Å². The van der Waals surface area contributed by atoms with Gasteiger partial charge >= 0.3 is 0 Å². The first-order valence-corrected chi connectivity index (χ1v) is 21.4. The summed E-state index contributed by atoms with van der Waals surface area (Å²) < 4.78 is 2.29. The van der Waals surface area contributed by atoms with Gasteiger partial charge in [-0.1, -0.05) is 182 Å². The van der Waals surface area contributed by atoms with Crippen LogP contribution in [0.15, 0.2) is 231 Å². The van der Waals surface area contributed by atoms with Crippen molar-refractivity contribution in [3.8, 4) is 89.4 Å². The number of benzene rings is 9. The molecule has 0 atom stereocenters. The number of aromatic nitrogens is 2. The number of nitrogens with zero attached hydrogens (tertiary/aromatic N) is 2. The Labute approximate surface area is 359 Å². The van der Waals surface area contributed by atoms with Gasteiger partial charge in [0.1, 0.15) is 0 Å². The second-order valence-electron chi connectivity index (χ2n) is 15.4. The van der Waals surface area contributed by atoms with Gasteiger partial charge in [0.25, 0.3) is 0 Å². The number of hydrogen-bond acceptors (Lipinski definition) is 3. The molecule has 9 aromatic carbocycles. The Morgan fingerprint density at radius 2 is 0.607 bits per heavy atom. The third kappa shape index (κ3) is 7.22. The molecule has 2 aromatic heterocycles. The van der Waals surface area contributed by atoms with Gasteiger partial charge in [-0.05, 0) is 115 Å². The zero-order chi connectivity index (χ0) is 40.5. The fourth-order valence-electron chi connectivity index (χ4n) is 8.38. The Balaban J connectivity index is 1.01. The lowest BCUT2D eigenvalue weighted by Gasteiger charge is -2.13. The maximum atomic E-state index is 5.44. The van der Waals surface area contributed by atoms with E-state index >= 15 is 0 Å². The Hall–Kier alpha value is -7.72. The molecule has 11 aromatic rings. The third-order valence-electron chi connectivity index (χ3n) is 11.5. The molecule has 0 spiro atoms. The number of hydrogen-bond donors (Lipinski definition) is 0. The molecule has 11 rings (SSSR count). The van der Waals surface area contributed by atoms with Crippen LogP contribution in [0.2, 0.25) is 0 Å². The van der Waals surface area contributed by atoms with Gasteiger partial charge in [0.15, 0.2) is 5.82 Å². The number of rotatable bonds is 8. The second kappa shape index (κ2) is 15.8. The summed E-state index contributed by atoms with van der Waals surface area (Å²) >= 11 is 1.76. The standard InChI is InChI=1S/C58H38N2S/c1-4-16-39(17-5-1)42-22-12-23-43(32-42)44-24-13-25-45(33-44)46-26-15-29-49(35-46)58-59-55(57-56(60-58)53-30-10-11-31-54(53)61-57)48-28-14-27-47(34-48)52-37-50(40-18-6-2-7-19-40)36-51(38-52)41-20-8-3-9-21-41/h1-38H. The molecule has 61 heavy (non-hydrogen) atoms. The Kier molecular flexibility index (Phi) is 9.42. The molecule has 0 saturated carbocycles. The maximum Gasteiger partial charge on any atom is 0.160 e. The summed E-state index contributed by atoms with van der Waals surface area (Å²) in [6, 6.07) is 82.4. The molecular weight excluding hydrogens is 757 g/mol. The van der Waals surface area contributed by atoms with Gasteiger partial charge in [-0.2, -0.15) is 0 Å². The maximum absolute atomic E-state index is 5.44. The van der Waals surface area contributed by atoms with Crippen molar-refractivity contribution in [2.75, 3.05) is 0 Å². The Bertz CT molecular complexity index is 3290. The molecule has 0 bridgehead atoms. The van der Waals surface area contributed by atoms with E-state index in [1.165, 1.54) is 49.2 Å². The van der Waals surface area contributed by atoms with Crippen molar-refractivity contribution in [3.63, 3.8) is 0 Å². The van der Waals surface area contributed by atoms with Crippen molar-refractivity contribution in [2.45, 2.75) is 0 Å². The highest BCUT2D eigenvalue weighted by atomic mass is 32.1. The molecular formula is C58H38N2S. The number of fused-ring (bicyclic) bond motifs is 3. The third-order valence-corrected chi connectivity index (χ3v) is 12.6. The van der Waals surface area contributed by atoms with Gasteiger partial charge in [0, 0.05) is 21.2 Å². The average molecular weight is 795 g/mol. The highest BCUT2D eigenvalue weighted by Crippen LogP contribution is 2.41. The van der Waals surface area contributed by atoms with E-state index in [0.29, 0.717) is 5.82 Å². The zero-order valence-corrected chi connectivity index (χ0v) is 34.1. The highest BCUT2D eigenvalue weighted by Gasteiger charge is 2.18. The summed E-state index contributed by atoms with van der Waals surface area (Å²) in [6.07, 6.45) is 0. The minimum Gasteiger partial charge on any atom is -0.226 e. The van der Waals surface area contributed by atoms with Crippen LogP contribution in [-0.2, 0) is 0 Å². The molecule has 2 heterocycles. The van der Waals surface area contributed by atoms with E-state index in [4.69, 9.17) is 9.97 Å². The first-order chi connectivity index (χ1) is 30.2. The van der Waals surface area contributed by atoms with Crippen LogP contribution >= 0.6 is 11.3 Å². The zero-order valence-electron chi connectivity index (χ0n) is 33.2. The monoisotopic (exact) mass is 794 g/mol.